The van der Waals surface area contributed by atoms with E-state index in [0.29, 0.717) is 32.7 Å². The maximum absolute atomic E-state index is 13.8. The minimum atomic E-state index is -1.35. The van der Waals surface area contributed by atoms with Crippen molar-refractivity contribution in [2.75, 3.05) is 31.2 Å². The number of hydrogen-bond acceptors (Lipinski definition) is 3. The van der Waals surface area contributed by atoms with Crippen molar-refractivity contribution in [2.45, 2.75) is 6.42 Å². The molecule has 0 saturated carbocycles. The highest BCUT2D eigenvalue weighted by Crippen LogP contribution is 2.25. The van der Waals surface area contributed by atoms with Crippen molar-refractivity contribution < 1.29 is 23.4 Å². The predicted octanol–water partition coefficient (Wildman–Crippen LogP) is 1.89. The molecule has 0 aliphatic carbocycles. The van der Waals surface area contributed by atoms with Gasteiger partial charge < -0.3 is 14.7 Å². The van der Waals surface area contributed by atoms with Gasteiger partial charge in [-0.3, -0.25) is 0 Å². The molecule has 1 aliphatic rings. The zero-order valence-corrected chi connectivity index (χ0v) is 9.66. The maximum Gasteiger partial charge on any atom is 0.335 e. The smallest absolute Gasteiger partial charge is 0.335 e. The van der Waals surface area contributed by atoms with Crippen molar-refractivity contribution in [3.8, 4) is 0 Å². The van der Waals surface area contributed by atoms with E-state index >= 15 is 0 Å². The second-order valence-corrected chi connectivity index (χ2v) is 4.05. The Kier molecular flexibility index (Phi) is 3.76. The van der Waals surface area contributed by atoms with E-state index in [0.717, 1.165) is 12.1 Å². The quantitative estimate of drug-likeness (QED) is 0.879. The van der Waals surface area contributed by atoms with Crippen molar-refractivity contribution in [1.29, 1.82) is 0 Å². The van der Waals surface area contributed by atoms with Crippen molar-refractivity contribution >= 4 is 11.7 Å². The van der Waals surface area contributed by atoms with Crippen LogP contribution in [0.4, 0.5) is 14.5 Å². The lowest BCUT2D eigenvalue weighted by Gasteiger charge is -2.23. The normalized spacial score (nSPS) is 16.4. The highest BCUT2D eigenvalue weighted by atomic mass is 19.1. The van der Waals surface area contributed by atoms with Crippen LogP contribution in [0.25, 0.3) is 0 Å². The fourth-order valence-electron chi connectivity index (χ4n) is 1.96. The summed E-state index contributed by atoms with van der Waals surface area (Å²) in [5.41, 5.74) is -0.565. The van der Waals surface area contributed by atoms with Crippen LogP contribution in [0.1, 0.15) is 16.8 Å². The molecule has 1 N–H and O–H groups in total. The van der Waals surface area contributed by atoms with Crippen LogP contribution in [0, 0.1) is 11.6 Å². The highest BCUT2D eigenvalue weighted by molar-refractivity contribution is 5.88. The van der Waals surface area contributed by atoms with E-state index in [9.17, 15) is 13.6 Å². The molecule has 0 bridgehead atoms. The summed E-state index contributed by atoms with van der Waals surface area (Å²) in [6, 6.07) is 1.68. The minimum absolute atomic E-state index is 0.175. The number of hydrogen-bond donors (Lipinski definition) is 1. The number of carboxylic acid groups (broad SMARTS) is 1. The lowest BCUT2D eigenvalue weighted by atomic mass is 10.1. The number of anilines is 1. The van der Waals surface area contributed by atoms with Crippen molar-refractivity contribution in [3.63, 3.8) is 0 Å². The van der Waals surface area contributed by atoms with Crippen molar-refractivity contribution in [3.05, 3.63) is 29.3 Å². The molecule has 4 nitrogen and oxygen atoms in total. The van der Waals surface area contributed by atoms with E-state index in [4.69, 9.17) is 9.84 Å². The molecule has 0 aromatic heterocycles. The monoisotopic (exact) mass is 257 g/mol. The summed E-state index contributed by atoms with van der Waals surface area (Å²) in [6.07, 6.45) is 0.680. The van der Waals surface area contributed by atoms with Gasteiger partial charge in [-0.1, -0.05) is 0 Å². The Morgan fingerprint density at radius 2 is 1.89 bits per heavy atom. The molecule has 1 fully saturated rings. The fraction of sp³-hybridized carbons (Fsp3) is 0.417. The lowest BCUT2D eigenvalue weighted by molar-refractivity contribution is 0.0695. The molecule has 0 amide bonds. The number of aromatic carboxylic acids is 1. The van der Waals surface area contributed by atoms with Crippen LogP contribution in [-0.4, -0.2) is 37.4 Å². The third kappa shape index (κ3) is 2.59. The average Bonchev–Trinajstić information content (AvgIpc) is 2.57. The van der Waals surface area contributed by atoms with Gasteiger partial charge >= 0.3 is 5.97 Å². The zero-order chi connectivity index (χ0) is 13.1. The van der Waals surface area contributed by atoms with Gasteiger partial charge in [-0.25, -0.2) is 13.6 Å². The topological polar surface area (TPSA) is 49.8 Å². The Bertz CT molecular complexity index is 434. The number of carbonyl (C=O) groups is 1. The molecule has 2 rings (SSSR count). The molecule has 0 atom stereocenters. The van der Waals surface area contributed by atoms with E-state index in [1.54, 1.807) is 4.90 Å². The molecule has 1 aromatic carbocycles. The molecule has 6 heteroatoms. The van der Waals surface area contributed by atoms with Crippen LogP contribution in [-0.2, 0) is 4.74 Å². The van der Waals surface area contributed by atoms with Gasteiger partial charge in [-0.15, -0.1) is 0 Å². The molecule has 0 unspecified atom stereocenters. The molecule has 98 valence electrons. The first-order chi connectivity index (χ1) is 8.59. The summed E-state index contributed by atoms with van der Waals surface area (Å²) in [5, 5.41) is 8.71. The molecule has 1 saturated heterocycles. The number of benzene rings is 1. The second kappa shape index (κ2) is 5.30. The Hall–Kier alpha value is -1.69. The first-order valence-electron chi connectivity index (χ1n) is 5.64. The summed E-state index contributed by atoms with van der Waals surface area (Å²) in [7, 11) is 0. The minimum Gasteiger partial charge on any atom is -0.478 e. The Morgan fingerprint density at radius 1 is 1.22 bits per heavy atom. The van der Waals surface area contributed by atoms with E-state index in [1.807, 2.05) is 0 Å². The molecular formula is C12H13F2NO3. The van der Waals surface area contributed by atoms with E-state index in [2.05, 4.69) is 0 Å². The number of ether oxygens (including phenoxy) is 1. The summed E-state index contributed by atoms with van der Waals surface area (Å²) >= 11 is 0. The van der Waals surface area contributed by atoms with E-state index in [-0.39, 0.29) is 11.3 Å². The molecule has 1 aliphatic heterocycles. The van der Waals surface area contributed by atoms with Crippen molar-refractivity contribution in [1.82, 2.24) is 0 Å². The van der Waals surface area contributed by atoms with Crippen molar-refractivity contribution in [2.24, 2.45) is 0 Å². The number of nitrogens with zero attached hydrogens (tertiary/aromatic N) is 1. The molecule has 0 spiro atoms. The third-order valence-electron chi connectivity index (χ3n) is 2.80. The maximum atomic E-state index is 13.8. The SMILES string of the molecule is O=C(O)c1cc(F)c(N2CCCOCC2)c(F)c1. The summed E-state index contributed by atoms with van der Waals surface area (Å²) in [5.74, 6) is -3.05. The van der Waals surface area contributed by atoms with Gasteiger partial charge in [-0.05, 0) is 18.6 Å². The second-order valence-electron chi connectivity index (χ2n) is 4.05. The number of rotatable bonds is 2. The van der Waals surface area contributed by atoms with E-state index in [1.165, 1.54) is 0 Å². The van der Waals surface area contributed by atoms with Crippen LogP contribution in [0.15, 0.2) is 12.1 Å². The van der Waals surface area contributed by atoms with Gasteiger partial charge in [0.05, 0.1) is 12.2 Å². The van der Waals surface area contributed by atoms with Crippen LogP contribution in [0.5, 0.6) is 0 Å². The summed E-state index contributed by atoms with van der Waals surface area (Å²) < 4.78 is 32.8. The molecule has 18 heavy (non-hydrogen) atoms. The Labute approximate surface area is 103 Å². The van der Waals surface area contributed by atoms with Gasteiger partial charge in [0, 0.05) is 19.7 Å². The standard InChI is InChI=1S/C12H13F2NO3/c13-9-6-8(12(16)17)7-10(14)11(9)15-2-1-4-18-5-3-15/h6-7H,1-5H2,(H,16,17). The molecule has 1 heterocycles. The zero-order valence-electron chi connectivity index (χ0n) is 9.66. The molecule has 0 radical (unpaired) electrons. The molecule has 1 aromatic rings. The number of halogens is 2. The largest absolute Gasteiger partial charge is 0.478 e. The Morgan fingerprint density at radius 3 is 2.50 bits per heavy atom. The van der Waals surface area contributed by atoms with Gasteiger partial charge in [0.15, 0.2) is 0 Å². The van der Waals surface area contributed by atoms with Crippen LogP contribution < -0.4 is 4.90 Å². The predicted molar refractivity (Wildman–Crippen MR) is 61.0 cm³/mol. The first-order valence-corrected chi connectivity index (χ1v) is 5.64. The van der Waals surface area contributed by atoms with Crippen LogP contribution >= 0.6 is 0 Å². The highest BCUT2D eigenvalue weighted by Gasteiger charge is 2.20. The van der Waals surface area contributed by atoms with Crippen LogP contribution in [0.2, 0.25) is 0 Å². The number of carboxylic acids is 1. The fourth-order valence-corrected chi connectivity index (χ4v) is 1.96. The van der Waals surface area contributed by atoms with Gasteiger partial charge in [0.2, 0.25) is 0 Å². The van der Waals surface area contributed by atoms with Crippen LogP contribution in [0.3, 0.4) is 0 Å². The average molecular weight is 257 g/mol. The third-order valence-corrected chi connectivity index (χ3v) is 2.80. The van der Waals surface area contributed by atoms with Gasteiger partial charge in [0.1, 0.15) is 17.3 Å². The lowest BCUT2D eigenvalue weighted by Crippen LogP contribution is -2.28. The summed E-state index contributed by atoms with van der Waals surface area (Å²) in [6.45, 7) is 1.84. The first kappa shape index (κ1) is 12.8. The Balaban J connectivity index is 2.34. The van der Waals surface area contributed by atoms with Gasteiger partial charge in [0.25, 0.3) is 0 Å². The molecular weight excluding hydrogens is 244 g/mol. The summed E-state index contributed by atoms with van der Waals surface area (Å²) in [4.78, 5) is 12.2. The van der Waals surface area contributed by atoms with E-state index < -0.39 is 17.6 Å². The van der Waals surface area contributed by atoms with Gasteiger partial charge in [-0.2, -0.15) is 0 Å².